The normalized spacial score (nSPS) is 14.5. The lowest BCUT2D eigenvalue weighted by molar-refractivity contribution is 0.0600. The third-order valence-electron chi connectivity index (χ3n) is 4.40. The highest BCUT2D eigenvalue weighted by molar-refractivity contribution is 5.92. The minimum absolute atomic E-state index is 0.00106. The molecule has 1 aliphatic heterocycles. The van der Waals surface area contributed by atoms with Gasteiger partial charge in [-0.1, -0.05) is 0 Å². The molecule has 2 aromatic carbocycles. The van der Waals surface area contributed by atoms with Crippen molar-refractivity contribution < 1.29 is 23.5 Å². The number of halogens is 1. The lowest BCUT2D eigenvalue weighted by Gasteiger charge is -2.32. The van der Waals surface area contributed by atoms with E-state index in [-0.39, 0.29) is 18.0 Å². The number of likely N-dealkylation sites (tertiary alicyclic amines) is 1. The smallest absolute Gasteiger partial charge is 0.337 e. The number of amides is 2. The fraction of sp³-hybridized carbons (Fsp3) is 0.300. The number of methoxy groups -OCH3 is 1. The van der Waals surface area contributed by atoms with E-state index < -0.39 is 5.97 Å². The molecule has 0 spiro atoms. The third-order valence-corrected chi connectivity index (χ3v) is 4.40. The average molecular weight is 372 g/mol. The summed E-state index contributed by atoms with van der Waals surface area (Å²) in [7, 11) is 1.32. The van der Waals surface area contributed by atoms with Crippen molar-refractivity contribution in [2.45, 2.75) is 18.9 Å². The summed E-state index contributed by atoms with van der Waals surface area (Å²) in [5.41, 5.74) is 1.03. The zero-order valence-electron chi connectivity index (χ0n) is 15.0. The number of ether oxygens (including phenoxy) is 2. The van der Waals surface area contributed by atoms with Crippen LogP contribution in [-0.2, 0) is 4.74 Å². The first-order chi connectivity index (χ1) is 13.0. The monoisotopic (exact) mass is 372 g/mol. The summed E-state index contributed by atoms with van der Waals surface area (Å²) in [5, 5.41) is 2.82. The number of anilines is 1. The lowest BCUT2D eigenvalue weighted by atomic mass is 10.1. The van der Waals surface area contributed by atoms with Gasteiger partial charge in [0.1, 0.15) is 17.7 Å². The second kappa shape index (κ2) is 8.53. The lowest BCUT2D eigenvalue weighted by Crippen LogP contribution is -2.43. The van der Waals surface area contributed by atoms with Crippen LogP contribution in [0.1, 0.15) is 23.2 Å². The fourth-order valence-electron chi connectivity index (χ4n) is 2.89. The molecular weight excluding hydrogens is 351 g/mol. The Morgan fingerprint density at radius 1 is 1.04 bits per heavy atom. The van der Waals surface area contributed by atoms with Crippen LogP contribution < -0.4 is 10.1 Å². The molecule has 1 saturated heterocycles. The van der Waals surface area contributed by atoms with Crippen LogP contribution in [0.3, 0.4) is 0 Å². The van der Waals surface area contributed by atoms with Gasteiger partial charge < -0.3 is 19.7 Å². The van der Waals surface area contributed by atoms with E-state index in [0.29, 0.717) is 42.9 Å². The van der Waals surface area contributed by atoms with Crippen molar-refractivity contribution in [2.24, 2.45) is 0 Å². The first-order valence-electron chi connectivity index (χ1n) is 8.71. The van der Waals surface area contributed by atoms with Crippen LogP contribution in [0.5, 0.6) is 5.75 Å². The fourth-order valence-corrected chi connectivity index (χ4v) is 2.89. The molecule has 0 atom stereocenters. The summed E-state index contributed by atoms with van der Waals surface area (Å²) < 4.78 is 23.4. The Labute approximate surface area is 156 Å². The van der Waals surface area contributed by atoms with Crippen molar-refractivity contribution in [3.05, 3.63) is 59.9 Å². The maximum absolute atomic E-state index is 12.9. The van der Waals surface area contributed by atoms with Gasteiger partial charge in [0.25, 0.3) is 0 Å². The predicted octanol–water partition coefficient (Wildman–Crippen LogP) is 3.69. The van der Waals surface area contributed by atoms with Gasteiger partial charge in [-0.3, -0.25) is 0 Å². The van der Waals surface area contributed by atoms with Crippen LogP contribution in [-0.4, -0.2) is 43.2 Å². The summed E-state index contributed by atoms with van der Waals surface area (Å²) >= 11 is 0. The molecule has 6 nitrogen and oxygen atoms in total. The molecule has 1 heterocycles. The van der Waals surface area contributed by atoms with Crippen LogP contribution in [0.2, 0.25) is 0 Å². The van der Waals surface area contributed by atoms with Crippen molar-refractivity contribution in [1.29, 1.82) is 0 Å². The molecule has 2 aromatic rings. The number of urea groups is 1. The first-order valence-corrected chi connectivity index (χ1v) is 8.71. The van der Waals surface area contributed by atoms with E-state index in [9.17, 15) is 14.0 Å². The highest BCUT2D eigenvalue weighted by Gasteiger charge is 2.24. The van der Waals surface area contributed by atoms with Gasteiger partial charge >= 0.3 is 12.0 Å². The van der Waals surface area contributed by atoms with Crippen LogP contribution >= 0.6 is 0 Å². The van der Waals surface area contributed by atoms with Gasteiger partial charge in [-0.05, 0) is 48.5 Å². The number of carbonyl (C=O) groups excluding carboxylic acids is 2. The van der Waals surface area contributed by atoms with E-state index in [4.69, 9.17) is 4.74 Å². The van der Waals surface area contributed by atoms with Gasteiger partial charge in [0.05, 0.1) is 12.7 Å². The summed E-state index contributed by atoms with van der Waals surface area (Å²) in [4.78, 5) is 25.5. The highest BCUT2D eigenvalue weighted by Crippen LogP contribution is 2.20. The highest BCUT2D eigenvalue weighted by atomic mass is 19.1. The molecule has 0 aromatic heterocycles. The molecule has 3 rings (SSSR count). The van der Waals surface area contributed by atoms with Crippen LogP contribution in [0.15, 0.2) is 48.5 Å². The van der Waals surface area contributed by atoms with Crippen LogP contribution in [0.25, 0.3) is 0 Å². The van der Waals surface area contributed by atoms with Crippen molar-refractivity contribution in [2.75, 3.05) is 25.5 Å². The summed E-state index contributed by atoms with van der Waals surface area (Å²) in [5.74, 6) is -0.0884. The number of rotatable bonds is 4. The Morgan fingerprint density at radius 3 is 2.26 bits per heavy atom. The molecule has 7 heteroatoms. The van der Waals surface area contributed by atoms with Crippen LogP contribution in [0.4, 0.5) is 14.9 Å². The van der Waals surface area contributed by atoms with E-state index in [1.165, 1.54) is 19.2 Å². The zero-order chi connectivity index (χ0) is 19.2. The molecule has 1 fully saturated rings. The number of benzene rings is 2. The Bertz CT molecular complexity index is 785. The molecule has 0 radical (unpaired) electrons. The molecular formula is C20H21FN2O4. The minimum atomic E-state index is -0.420. The number of hydrogen-bond donors (Lipinski definition) is 1. The van der Waals surface area contributed by atoms with Crippen molar-refractivity contribution in [3.8, 4) is 5.75 Å². The molecule has 1 N–H and O–H groups in total. The van der Waals surface area contributed by atoms with Gasteiger partial charge in [0.15, 0.2) is 0 Å². The Morgan fingerprint density at radius 2 is 1.67 bits per heavy atom. The topological polar surface area (TPSA) is 67.9 Å². The van der Waals surface area contributed by atoms with E-state index in [1.807, 2.05) is 0 Å². The average Bonchev–Trinajstić information content (AvgIpc) is 2.70. The van der Waals surface area contributed by atoms with Gasteiger partial charge in [-0.15, -0.1) is 0 Å². The molecule has 27 heavy (non-hydrogen) atoms. The first kappa shape index (κ1) is 18.7. The standard InChI is InChI=1S/C20H21FN2O4/c1-26-19(24)14-2-6-16(7-3-14)22-20(25)23-12-10-18(11-13-23)27-17-8-4-15(21)5-9-17/h2-9,18H,10-13H2,1H3,(H,22,25). The van der Waals surface area contributed by atoms with E-state index in [1.54, 1.807) is 41.3 Å². The van der Waals surface area contributed by atoms with Gasteiger partial charge in [-0.2, -0.15) is 0 Å². The largest absolute Gasteiger partial charge is 0.490 e. The van der Waals surface area contributed by atoms with Gasteiger partial charge in [-0.25, -0.2) is 14.0 Å². The number of nitrogens with zero attached hydrogens (tertiary/aromatic N) is 1. The Hall–Kier alpha value is -3.09. The maximum Gasteiger partial charge on any atom is 0.337 e. The summed E-state index contributed by atoms with van der Waals surface area (Å²) in [6.07, 6.45) is 1.40. The van der Waals surface area contributed by atoms with Crippen molar-refractivity contribution in [1.82, 2.24) is 4.90 Å². The minimum Gasteiger partial charge on any atom is -0.490 e. The third kappa shape index (κ3) is 4.97. The van der Waals surface area contributed by atoms with Gasteiger partial charge in [0.2, 0.25) is 0 Å². The van der Waals surface area contributed by atoms with E-state index >= 15 is 0 Å². The van der Waals surface area contributed by atoms with Crippen molar-refractivity contribution >= 4 is 17.7 Å². The quantitative estimate of drug-likeness (QED) is 0.832. The van der Waals surface area contributed by atoms with E-state index in [0.717, 1.165) is 0 Å². The van der Waals surface area contributed by atoms with E-state index in [2.05, 4.69) is 10.1 Å². The summed E-state index contributed by atoms with van der Waals surface area (Å²) in [6, 6.07) is 12.3. The second-order valence-electron chi connectivity index (χ2n) is 6.26. The Kier molecular flexibility index (Phi) is 5.90. The summed E-state index contributed by atoms with van der Waals surface area (Å²) in [6.45, 7) is 1.13. The maximum atomic E-state index is 12.9. The number of hydrogen-bond acceptors (Lipinski definition) is 4. The van der Waals surface area contributed by atoms with Crippen LogP contribution in [0, 0.1) is 5.82 Å². The number of carbonyl (C=O) groups is 2. The van der Waals surface area contributed by atoms with Crippen molar-refractivity contribution in [3.63, 3.8) is 0 Å². The predicted molar refractivity (Wildman–Crippen MR) is 98.4 cm³/mol. The molecule has 142 valence electrons. The molecule has 0 bridgehead atoms. The molecule has 0 unspecified atom stereocenters. The molecule has 1 aliphatic rings. The number of esters is 1. The second-order valence-corrected chi connectivity index (χ2v) is 6.26. The SMILES string of the molecule is COC(=O)c1ccc(NC(=O)N2CCC(Oc3ccc(F)cc3)CC2)cc1. The Balaban J connectivity index is 1.48. The molecule has 2 amide bonds. The zero-order valence-corrected chi connectivity index (χ0v) is 15.0. The number of piperidine rings is 1. The number of nitrogens with one attached hydrogen (secondary N) is 1. The molecule has 0 saturated carbocycles. The molecule has 0 aliphatic carbocycles. The van der Waals surface area contributed by atoms with Gasteiger partial charge in [0, 0.05) is 31.6 Å².